The smallest absolute Gasteiger partial charge is 0.228 e. The van der Waals surface area contributed by atoms with E-state index in [2.05, 4.69) is 39.4 Å². The van der Waals surface area contributed by atoms with Crippen LogP contribution in [0.25, 0.3) is 11.4 Å². The van der Waals surface area contributed by atoms with Gasteiger partial charge in [-0.3, -0.25) is 0 Å². The Balaban J connectivity index is 2.19. The highest BCUT2D eigenvalue weighted by atomic mass is 15.2. The Bertz CT molecular complexity index is 528. The maximum Gasteiger partial charge on any atom is 0.228 e. The van der Waals surface area contributed by atoms with Crippen molar-refractivity contribution in [2.24, 2.45) is 0 Å². The molecule has 1 aromatic carbocycles. The molecule has 0 amide bonds. The fourth-order valence-electron chi connectivity index (χ4n) is 2.00. The molecule has 5 nitrogen and oxygen atoms in total. The highest BCUT2D eigenvalue weighted by molar-refractivity contribution is 5.57. The molecule has 0 spiro atoms. The van der Waals surface area contributed by atoms with Crippen LogP contribution in [0.1, 0.15) is 39.5 Å². The largest absolute Gasteiger partial charge is 0.354 e. The zero-order chi connectivity index (χ0) is 15.6. The summed E-state index contributed by atoms with van der Waals surface area (Å²) in [6.45, 7) is 6.09. The Morgan fingerprint density at radius 2 is 1.32 bits per heavy atom. The van der Waals surface area contributed by atoms with E-state index < -0.39 is 0 Å². The molecule has 0 fully saturated rings. The Kier molecular flexibility index (Phi) is 6.61. The van der Waals surface area contributed by atoms with Gasteiger partial charge in [-0.15, -0.1) is 0 Å². The molecule has 2 rings (SSSR count). The van der Waals surface area contributed by atoms with Crippen LogP contribution >= 0.6 is 0 Å². The van der Waals surface area contributed by atoms with Gasteiger partial charge in [0.05, 0.1) is 0 Å². The van der Waals surface area contributed by atoms with Crippen LogP contribution < -0.4 is 10.6 Å². The SMILES string of the molecule is CCCCNc1nc(NCCCC)nc(-c2ccccc2)n1. The van der Waals surface area contributed by atoms with Crippen molar-refractivity contribution in [3.05, 3.63) is 30.3 Å². The summed E-state index contributed by atoms with van der Waals surface area (Å²) >= 11 is 0. The average Bonchev–Trinajstić information content (AvgIpc) is 2.56. The number of hydrogen-bond donors (Lipinski definition) is 2. The molecule has 0 aliphatic carbocycles. The maximum absolute atomic E-state index is 4.53. The minimum atomic E-state index is 0.640. The van der Waals surface area contributed by atoms with Crippen molar-refractivity contribution in [1.82, 2.24) is 15.0 Å². The summed E-state index contributed by atoms with van der Waals surface area (Å²) in [6.07, 6.45) is 4.49. The first kappa shape index (κ1) is 16.2. The zero-order valence-electron chi connectivity index (χ0n) is 13.5. The van der Waals surface area contributed by atoms with E-state index in [4.69, 9.17) is 0 Å². The van der Waals surface area contributed by atoms with Crippen LogP contribution in [0.15, 0.2) is 30.3 Å². The molecule has 22 heavy (non-hydrogen) atoms. The topological polar surface area (TPSA) is 62.7 Å². The van der Waals surface area contributed by atoms with E-state index in [9.17, 15) is 0 Å². The van der Waals surface area contributed by atoms with E-state index in [0.717, 1.165) is 44.3 Å². The van der Waals surface area contributed by atoms with Gasteiger partial charge in [0, 0.05) is 18.7 Å². The summed E-state index contributed by atoms with van der Waals surface area (Å²) in [7, 11) is 0. The van der Waals surface area contributed by atoms with E-state index in [1.165, 1.54) is 0 Å². The highest BCUT2D eigenvalue weighted by Gasteiger charge is 2.07. The quantitative estimate of drug-likeness (QED) is 0.686. The minimum absolute atomic E-state index is 0.640. The van der Waals surface area contributed by atoms with Crippen molar-refractivity contribution in [2.75, 3.05) is 23.7 Å². The second-order valence-corrected chi connectivity index (χ2v) is 5.23. The predicted molar refractivity (Wildman–Crippen MR) is 92.1 cm³/mol. The molecule has 0 radical (unpaired) electrons. The molecule has 1 aromatic heterocycles. The maximum atomic E-state index is 4.53. The standard InChI is InChI=1S/C17H25N5/c1-3-5-12-18-16-20-15(14-10-8-7-9-11-14)21-17(22-16)19-13-6-4-2/h7-11H,3-6,12-13H2,1-2H3,(H2,18,19,20,21,22). The molecule has 5 heteroatoms. The van der Waals surface area contributed by atoms with Crippen molar-refractivity contribution >= 4 is 11.9 Å². The predicted octanol–water partition coefficient (Wildman–Crippen LogP) is 3.96. The van der Waals surface area contributed by atoms with Crippen molar-refractivity contribution in [1.29, 1.82) is 0 Å². The molecule has 0 aliphatic rings. The Labute approximate surface area is 132 Å². The molecule has 118 valence electrons. The molecular formula is C17H25N5. The second-order valence-electron chi connectivity index (χ2n) is 5.23. The first-order chi connectivity index (χ1) is 10.8. The number of hydrogen-bond acceptors (Lipinski definition) is 5. The number of nitrogens with zero attached hydrogens (tertiary/aromatic N) is 3. The van der Waals surface area contributed by atoms with Crippen molar-refractivity contribution in [2.45, 2.75) is 39.5 Å². The molecule has 1 heterocycles. The number of unbranched alkanes of at least 4 members (excludes halogenated alkanes) is 2. The number of nitrogens with one attached hydrogen (secondary N) is 2. The Morgan fingerprint density at radius 1 is 0.773 bits per heavy atom. The lowest BCUT2D eigenvalue weighted by molar-refractivity contribution is 0.815. The lowest BCUT2D eigenvalue weighted by atomic mass is 10.2. The highest BCUT2D eigenvalue weighted by Crippen LogP contribution is 2.17. The van der Waals surface area contributed by atoms with Crippen LogP contribution in [0.3, 0.4) is 0 Å². The van der Waals surface area contributed by atoms with Gasteiger partial charge in [0.1, 0.15) is 0 Å². The third-order valence-electron chi connectivity index (χ3n) is 3.29. The first-order valence-corrected chi connectivity index (χ1v) is 8.12. The second kappa shape index (κ2) is 8.97. The molecule has 0 unspecified atom stereocenters. The van der Waals surface area contributed by atoms with Crippen LogP contribution in [-0.4, -0.2) is 28.0 Å². The first-order valence-electron chi connectivity index (χ1n) is 8.12. The Morgan fingerprint density at radius 3 is 1.82 bits per heavy atom. The number of anilines is 2. The van der Waals surface area contributed by atoms with E-state index in [1.54, 1.807) is 0 Å². The summed E-state index contributed by atoms with van der Waals surface area (Å²) in [6, 6.07) is 10.0. The van der Waals surface area contributed by atoms with Crippen molar-refractivity contribution < 1.29 is 0 Å². The van der Waals surface area contributed by atoms with Gasteiger partial charge in [-0.25, -0.2) is 0 Å². The van der Waals surface area contributed by atoms with Gasteiger partial charge < -0.3 is 10.6 Å². The third-order valence-corrected chi connectivity index (χ3v) is 3.29. The summed E-state index contributed by atoms with van der Waals surface area (Å²) in [4.78, 5) is 13.5. The van der Waals surface area contributed by atoms with Crippen molar-refractivity contribution in [3.8, 4) is 11.4 Å². The number of aromatic nitrogens is 3. The van der Waals surface area contributed by atoms with Gasteiger partial charge in [-0.05, 0) is 12.8 Å². The molecule has 2 N–H and O–H groups in total. The summed E-state index contributed by atoms with van der Waals surface area (Å²) in [5.74, 6) is 1.98. The molecular weight excluding hydrogens is 274 g/mol. The molecule has 0 atom stereocenters. The molecule has 0 saturated carbocycles. The van der Waals surface area contributed by atoms with Gasteiger partial charge in [0.15, 0.2) is 5.82 Å². The van der Waals surface area contributed by atoms with Crippen LogP contribution in [0.4, 0.5) is 11.9 Å². The minimum Gasteiger partial charge on any atom is -0.354 e. The lowest BCUT2D eigenvalue weighted by Gasteiger charge is -2.10. The fraction of sp³-hybridized carbons (Fsp3) is 0.471. The lowest BCUT2D eigenvalue weighted by Crippen LogP contribution is -2.11. The average molecular weight is 299 g/mol. The molecule has 0 saturated heterocycles. The monoisotopic (exact) mass is 299 g/mol. The van der Waals surface area contributed by atoms with Gasteiger partial charge in [-0.1, -0.05) is 57.0 Å². The third kappa shape index (κ3) is 4.98. The molecule has 2 aromatic rings. The number of rotatable bonds is 9. The Hall–Kier alpha value is -2.17. The van der Waals surface area contributed by atoms with Crippen LogP contribution in [0, 0.1) is 0 Å². The van der Waals surface area contributed by atoms with E-state index >= 15 is 0 Å². The van der Waals surface area contributed by atoms with Crippen LogP contribution in [0.2, 0.25) is 0 Å². The van der Waals surface area contributed by atoms with E-state index in [-0.39, 0.29) is 0 Å². The van der Waals surface area contributed by atoms with E-state index in [0.29, 0.717) is 17.7 Å². The van der Waals surface area contributed by atoms with Gasteiger partial charge in [0.25, 0.3) is 0 Å². The zero-order valence-corrected chi connectivity index (χ0v) is 13.5. The summed E-state index contributed by atoms with van der Waals surface area (Å²) in [5, 5.41) is 6.57. The summed E-state index contributed by atoms with van der Waals surface area (Å²) in [5.41, 5.74) is 1.00. The number of benzene rings is 1. The molecule has 0 bridgehead atoms. The van der Waals surface area contributed by atoms with Gasteiger partial charge in [-0.2, -0.15) is 15.0 Å². The van der Waals surface area contributed by atoms with Crippen LogP contribution in [0.5, 0.6) is 0 Å². The van der Waals surface area contributed by atoms with Gasteiger partial charge in [0.2, 0.25) is 11.9 Å². The van der Waals surface area contributed by atoms with E-state index in [1.807, 2.05) is 30.3 Å². The summed E-state index contributed by atoms with van der Waals surface area (Å²) < 4.78 is 0. The normalized spacial score (nSPS) is 10.5. The molecule has 0 aliphatic heterocycles. The van der Waals surface area contributed by atoms with Gasteiger partial charge >= 0.3 is 0 Å². The fourth-order valence-corrected chi connectivity index (χ4v) is 2.00. The van der Waals surface area contributed by atoms with Crippen molar-refractivity contribution in [3.63, 3.8) is 0 Å². The van der Waals surface area contributed by atoms with Crippen LogP contribution in [-0.2, 0) is 0 Å².